The third-order valence-corrected chi connectivity index (χ3v) is 9.12. The molecule has 1 aromatic heterocycles. The Labute approximate surface area is 205 Å². The lowest BCUT2D eigenvalue weighted by atomic mass is 9.48. The first-order chi connectivity index (χ1) is 17.0. The number of nitrogens with one attached hydrogen (secondary N) is 1. The second-order valence-electron chi connectivity index (χ2n) is 11.4. The van der Waals surface area contributed by atoms with Gasteiger partial charge in [-0.05, 0) is 56.2 Å². The summed E-state index contributed by atoms with van der Waals surface area (Å²) in [5, 5.41) is 1.26. The van der Waals surface area contributed by atoms with Crippen LogP contribution < -0.4 is 4.74 Å². The van der Waals surface area contributed by atoms with Gasteiger partial charge >= 0.3 is 0 Å². The Morgan fingerprint density at radius 3 is 2.63 bits per heavy atom. The molecular formula is C29H33F2N3O. The quantitative estimate of drug-likeness (QED) is 0.489. The van der Waals surface area contributed by atoms with Crippen molar-refractivity contribution < 1.29 is 13.5 Å². The number of nitrogens with zero attached hydrogens (tertiary/aromatic N) is 2. The molecule has 5 aliphatic rings. The SMILES string of the molecule is C[C@@H]1Cc2c([nH]c3ccccc23)[C@@H](c2ccc(OCCN3CC(CF)C3)cc2F)N1C12CC(C1)C2. The highest BCUT2D eigenvalue weighted by Gasteiger charge is 2.63. The second kappa shape index (κ2) is 8.04. The van der Waals surface area contributed by atoms with Crippen LogP contribution in [0.4, 0.5) is 8.78 Å². The third kappa shape index (κ3) is 3.36. The lowest BCUT2D eigenvalue weighted by molar-refractivity contribution is -0.174. The molecule has 2 aromatic carbocycles. The number of ether oxygens (including phenoxy) is 1. The zero-order valence-corrected chi connectivity index (χ0v) is 20.3. The Morgan fingerprint density at radius 1 is 1.11 bits per heavy atom. The average molecular weight is 478 g/mol. The minimum Gasteiger partial charge on any atom is -0.492 e. The van der Waals surface area contributed by atoms with E-state index in [2.05, 4.69) is 46.0 Å². The van der Waals surface area contributed by atoms with E-state index in [1.807, 2.05) is 12.1 Å². The molecule has 3 heterocycles. The molecule has 0 spiro atoms. The van der Waals surface area contributed by atoms with Crippen LogP contribution in [0.2, 0.25) is 0 Å². The van der Waals surface area contributed by atoms with E-state index in [1.54, 1.807) is 6.07 Å². The number of aromatic amines is 1. The van der Waals surface area contributed by atoms with E-state index in [9.17, 15) is 4.39 Å². The van der Waals surface area contributed by atoms with Gasteiger partial charge in [0.1, 0.15) is 18.2 Å². The van der Waals surface area contributed by atoms with Crippen molar-refractivity contribution in [1.82, 2.24) is 14.8 Å². The predicted octanol–water partition coefficient (Wildman–Crippen LogP) is 5.48. The van der Waals surface area contributed by atoms with Crippen molar-refractivity contribution >= 4 is 10.9 Å². The number of hydrogen-bond acceptors (Lipinski definition) is 3. The van der Waals surface area contributed by atoms with E-state index in [1.165, 1.54) is 30.2 Å². The van der Waals surface area contributed by atoms with Crippen LogP contribution in [-0.4, -0.2) is 59.3 Å². The summed E-state index contributed by atoms with van der Waals surface area (Å²) in [4.78, 5) is 8.50. The first-order valence-electron chi connectivity index (χ1n) is 13.1. The fourth-order valence-corrected chi connectivity index (χ4v) is 7.33. The Balaban J connectivity index is 1.19. The molecule has 35 heavy (non-hydrogen) atoms. The fraction of sp³-hybridized carbons (Fsp3) is 0.517. The van der Waals surface area contributed by atoms with Gasteiger partial charge in [0, 0.05) is 65.4 Å². The summed E-state index contributed by atoms with van der Waals surface area (Å²) in [6.45, 7) is 4.88. The summed E-state index contributed by atoms with van der Waals surface area (Å²) in [5.74, 6) is 1.39. The Hall–Kier alpha value is -2.44. The molecule has 4 fully saturated rings. The highest BCUT2D eigenvalue weighted by molar-refractivity contribution is 5.85. The number of benzene rings is 2. The van der Waals surface area contributed by atoms with Crippen LogP contribution >= 0.6 is 0 Å². The molecule has 2 atom stereocenters. The molecule has 0 unspecified atom stereocenters. The largest absolute Gasteiger partial charge is 0.492 e. The maximum absolute atomic E-state index is 15.8. The standard InChI is InChI=1S/C29H33F2N3O/c1-18-10-24-22-4-2-3-5-26(22)32-27(24)28(34(18)29-12-19(13-29)14-29)23-7-6-21(11-25(23)31)35-9-8-33-16-20(15-30)17-33/h2-7,11,18-20,28,32H,8-10,12-17H2,1H3/t18-,19?,28-,29?/m1/s1. The molecule has 0 amide bonds. The Morgan fingerprint density at radius 2 is 1.91 bits per heavy atom. The molecule has 6 heteroatoms. The highest BCUT2D eigenvalue weighted by Crippen LogP contribution is 2.64. The van der Waals surface area contributed by atoms with Crippen molar-refractivity contribution in [2.45, 2.75) is 50.2 Å². The van der Waals surface area contributed by atoms with Crippen molar-refractivity contribution in [3.8, 4) is 5.75 Å². The minimum absolute atomic E-state index is 0.116. The molecule has 2 aliphatic heterocycles. The monoisotopic (exact) mass is 477 g/mol. The van der Waals surface area contributed by atoms with E-state index >= 15 is 4.39 Å². The summed E-state index contributed by atoms with van der Waals surface area (Å²) < 4.78 is 34.3. The summed E-state index contributed by atoms with van der Waals surface area (Å²) in [5.41, 5.74) is 4.58. The number of para-hydroxylation sites is 1. The molecular weight excluding hydrogens is 444 g/mol. The maximum atomic E-state index is 15.8. The third-order valence-electron chi connectivity index (χ3n) is 9.12. The highest BCUT2D eigenvalue weighted by atomic mass is 19.1. The van der Waals surface area contributed by atoms with Gasteiger partial charge in [-0.25, -0.2) is 4.39 Å². The lowest BCUT2D eigenvalue weighted by Gasteiger charge is -2.70. The maximum Gasteiger partial charge on any atom is 0.132 e. The second-order valence-corrected chi connectivity index (χ2v) is 11.4. The van der Waals surface area contributed by atoms with Crippen LogP contribution in [0.3, 0.4) is 0 Å². The number of aromatic nitrogens is 1. The zero-order valence-electron chi connectivity index (χ0n) is 20.3. The molecule has 8 rings (SSSR count). The van der Waals surface area contributed by atoms with Crippen molar-refractivity contribution in [2.24, 2.45) is 11.8 Å². The van der Waals surface area contributed by atoms with Gasteiger partial charge in [0.05, 0.1) is 12.7 Å². The molecule has 2 bridgehead atoms. The minimum atomic E-state index is -0.249. The number of H-pyrrole nitrogens is 1. The molecule has 3 aromatic rings. The number of likely N-dealkylation sites (tertiary alicyclic amines) is 1. The topological polar surface area (TPSA) is 31.5 Å². The summed E-state index contributed by atoms with van der Waals surface area (Å²) in [7, 11) is 0. The van der Waals surface area contributed by atoms with E-state index < -0.39 is 0 Å². The van der Waals surface area contributed by atoms with Gasteiger partial charge in [-0.3, -0.25) is 14.2 Å². The molecule has 3 saturated carbocycles. The molecule has 3 aliphatic carbocycles. The Kier molecular flexibility index (Phi) is 5.01. The predicted molar refractivity (Wildman–Crippen MR) is 133 cm³/mol. The normalized spacial score (nSPS) is 30.4. The summed E-state index contributed by atoms with van der Waals surface area (Å²) >= 11 is 0. The van der Waals surface area contributed by atoms with Gasteiger partial charge in [-0.1, -0.05) is 24.3 Å². The number of fused-ring (bicyclic) bond motifs is 3. The first kappa shape index (κ1) is 21.8. The van der Waals surface area contributed by atoms with Crippen LogP contribution in [0.5, 0.6) is 5.75 Å². The lowest BCUT2D eigenvalue weighted by Crippen LogP contribution is -2.71. The van der Waals surface area contributed by atoms with Gasteiger partial charge < -0.3 is 9.72 Å². The summed E-state index contributed by atoms with van der Waals surface area (Å²) in [6.07, 6.45) is 4.72. The van der Waals surface area contributed by atoms with Crippen molar-refractivity contribution in [2.75, 3.05) is 32.9 Å². The zero-order chi connectivity index (χ0) is 23.7. The van der Waals surface area contributed by atoms with E-state index in [0.29, 0.717) is 18.4 Å². The van der Waals surface area contributed by atoms with Crippen LogP contribution in [0, 0.1) is 17.7 Å². The van der Waals surface area contributed by atoms with Crippen molar-refractivity contribution in [3.63, 3.8) is 0 Å². The number of rotatable bonds is 7. The van der Waals surface area contributed by atoms with Crippen LogP contribution in [0.1, 0.15) is 49.0 Å². The molecule has 1 N–H and O–H groups in total. The van der Waals surface area contributed by atoms with Crippen molar-refractivity contribution in [3.05, 3.63) is 65.1 Å². The fourth-order valence-electron chi connectivity index (χ4n) is 7.33. The van der Waals surface area contributed by atoms with Gasteiger partial charge in [-0.2, -0.15) is 0 Å². The average Bonchev–Trinajstić information content (AvgIpc) is 3.12. The molecule has 184 valence electrons. The van der Waals surface area contributed by atoms with Gasteiger partial charge in [0.2, 0.25) is 0 Å². The van der Waals surface area contributed by atoms with Crippen LogP contribution in [-0.2, 0) is 6.42 Å². The first-order valence-corrected chi connectivity index (χ1v) is 13.1. The number of hydrogen-bond donors (Lipinski definition) is 1. The smallest absolute Gasteiger partial charge is 0.132 e. The molecule has 1 saturated heterocycles. The summed E-state index contributed by atoms with van der Waals surface area (Å²) in [6, 6.07) is 14.1. The van der Waals surface area contributed by atoms with Crippen LogP contribution in [0.25, 0.3) is 10.9 Å². The van der Waals surface area contributed by atoms with E-state index in [4.69, 9.17) is 4.74 Å². The van der Waals surface area contributed by atoms with Gasteiger partial charge in [-0.15, -0.1) is 0 Å². The Bertz CT molecular complexity index is 1250. The molecule has 4 nitrogen and oxygen atoms in total. The van der Waals surface area contributed by atoms with Crippen LogP contribution in [0.15, 0.2) is 42.5 Å². The van der Waals surface area contributed by atoms with E-state index in [0.717, 1.165) is 48.7 Å². The molecule has 0 radical (unpaired) electrons. The van der Waals surface area contributed by atoms with Gasteiger partial charge in [0.15, 0.2) is 0 Å². The van der Waals surface area contributed by atoms with Gasteiger partial charge in [0.25, 0.3) is 0 Å². The number of alkyl halides is 1. The van der Waals surface area contributed by atoms with Crippen molar-refractivity contribution in [1.29, 1.82) is 0 Å². The van der Waals surface area contributed by atoms with E-state index in [-0.39, 0.29) is 30.0 Å². The number of halogens is 2.